The molecule has 0 aliphatic heterocycles. The Labute approximate surface area is 179 Å². The molecule has 11 heteroatoms. The van der Waals surface area contributed by atoms with E-state index in [1.165, 1.54) is 32.0 Å². The van der Waals surface area contributed by atoms with Gasteiger partial charge in [0.15, 0.2) is 7.14 Å². The van der Waals surface area contributed by atoms with E-state index < -0.39 is 66.4 Å². The molecule has 0 N–H and O–H groups in total. The molecule has 0 spiro atoms. The highest BCUT2D eigenvalue weighted by Crippen LogP contribution is 2.52. The van der Waals surface area contributed by atoms with Crippen LogP contribution in [0.25, 0.3) is 0 Å². The minimum atomic E-state index is -5.32. The van der Waals surface area contributed by atoms with Crippen molar-refractivity contribution in [2.24, 2.45) is 0 Å². The second-order valence-electron chi connectivity index (χ2n) is 7.12. The Bertz CT molecular complexity index is 997. The molecule has 2 aromatic carbocycles. The van der Waals surface area contributed by atoms with E-state index in [-0.39, 0.29) is 5.30 Å². The van der Waals surface area contributed by atoms with Crippen LogP contribution < -0.4 is 5.30 Å². The first-order chi connectivity index (χ1) is 14.7. The fourth-order valence-corrected chi connectivity index (χ4v) is 5.47. The number of ether oxygens (including phenoxy) is 1. The maximum atomic E-state index is 13.8. The number of halogens is 6. The molecule has 4 nitrogen and oxygen atoms in total. The predicted octanol–water partition coefficient (Wildman–Crippen LogP) is 5.89. The van der Waals surface area contributed by atoms with E-state index in [0.717, 1.165) is 12.1 Å². The van der Waals surface area contributed by atoms with Gasteiger partial charge >= 0.3 is 18.3 Å². The molecule has 0 heterocycles. The second kappa shape index (κ2) is 9.48. The number of hydrogen-bond donors (Lipinski definition) is 0. The summed E-state index contributed by atoms with van der Waals surface area (Å²) >= 11 is 0. The third-order valence-corrected chi connectivity index (χ3v) is 7.25. The van der Waals surface area contributed by atoms with Crippen molar-refractivity contribution in [2.75, 3.05) is 6.16 Å². The van der Waals surface area contributed by atoms with E-state index in [4.69, 9.17) is 4.74 Å². The molecule has 1 atom stereocenters. The SMILES string of the molecule is CC(C)OC(=O)CCP(=O)(C(=O)c1c(C(F)(F)F)cccc1C(F)(F)F)c1ccccc1. The number of alkyl halides is 6. The maximum Gasteiger partial charge on any atom is 0.417 e. The molecule has 0 saturated carbocycles. The molecule has 0 radical (unpaired) electrons. The van der Waals surface area contributed by atoms with Gasteiger partial charge in [-0.05, 0) is 26.0 Å². The summed E-state index contributed by atoms with van der Waals surface area (Å²) in [5, 5.41) is -0.257. The molecule has 0 fully saturated rings. The van der Waals surface area contributed by atoms with Crippen molar-refractivity contribution in [1.29, 1.82) is 0 Å². The smallest absolute Gasteiger partial charge is 0.417 e. The van der Waals surface area contributed by atoms with Gasteiger partial charge < -0.3 is 9.30 Å². The summed E-state index contributed by atoms with van der Waals surface area (Å²) < 4.78 is 99.9. The summed E-state index contributed by atoms with van der Waals surface area (Å²) in [6.45, 7) is 3.05. The van der Waals surface area contributed by atoms with E-state index in [2.05, 4.69) is 0 Å². The van der Waals surface area contributed by atoms with Gasteiger partial charge in [-0.1, -0.05) is 36.4 Å². The Morgan fingerprint density at radius 2 is 1.38 bits per heavy atom. The third kappa shape index (κ3) is 5.79. The standard InChI is InChI=1S/C21H19F6O4P/c1-13(2)31-17(28)11-12-32(30,14-7-4-3-5-8-14)19(29)18-15(20(22,23)24)9-6-10-16(18)21(25,26)27/h3-10,13H,11-12H2,1-2H3. The number of benzene rings is 2. The fourth-order valence-electron chi connectivity index (χ4n) is 3.02. The third-order valence-electron chi connectivity index (χ3n) is 4.39. The van der Waals surface area contributed by atoms with Crippen molar-refractivity contribution >= 4 is 23.9 Å². The van der Waals surface area contributed by atoms with Crippen molar-refractivity contribution in [3.8, 4) is 0 Å². The highest BCUT2D eigenvalue weighted by Gasteiger charge is 2.47. The van der Waals surface area contributed by atoms with Gasteiger partial charge in [-0.3, -0.25) is 9.59 Å². The van der Waals surface area contributed by atoms with E-state index >= 15 is 0 Å². The highest BCUT2D eigenvalue weighted by molar-refractivity contribution is 7.87. The normalized spacial score (nSPS) is 14.2. The minimum Gasteiger partial charge on any atom is -0.463 e. The molecular weight excluding hydrogens is 461 g/mol. The summed E-state index contributed by atoms with van der Waals surface area (Å²) in [5.41, 5.74) is -7.24. The number of rotatable bonds is 7. The molecule has 174 valence electrons. The molecule has 0 amide bonds. The van der Waals surface area contributed by atoms with Crippen molar-refractivity contribution in [2.45, 2.75) is 38.7 Å². The summed E-state index contributed by atoms with van der Waals surface area (Å²) in [6, 6.07) is 7.64. The molecule has 2 rings (SSSR count). The van der Waals surface area contributed by atoms with Crippen LogP contribution in [0.3, 0.4) is 0 Å². The zero-order valence-electron chi connectivity index (χ0n) is 17.0. The van der Waals surface area contributed by atoms with Gasteiger partial charge in [0.2, 0.25) is 5.52 Å². The van der Waals surface area contributed by atoms with Gasteiger partial charge in [0.25, 0.3) is 0 Å². The Morgan fingerprint density at radius 3 is 1.81 bits per heavy atom. The largest absolute Gasteiger partial charge is 0.463 e. The zero-order valence-corrected chi connectivity index (χ0v) is 17.9. The van der Waals surface area contributed by atoms with Gasteiger partial charge in [-0.2, -0.15) is 26.3 Å². The van der Waals surface area contributed by atoms with Crippen LogP contribution >= 0.6 is 7.14 Å². The molecule has 0 aromatic heterocycles. The minimum absolute atomic E-state index is 0.257. The Balaban J connectivity index is 2.70. The first kappa shape index (κ1) is 25.6. The van der Waals surface area contributed by atoms with E-state index in [9.17, 15) is 40.5 Å². The van der Waals surface area contributed by atoms with Crippen molar-refractivity contribution in [3.63, 3.8) is 0 Å². The predicted molar refractivity (Wildman–Crippen MR) is 105 cm³/mol. The van der Waals surface area contributed by atoms with Crippen LogP contribution in [0.2, 0.25) is 0 Å². The summed E-state index contributed by atoms with van der Waals surface area (Å²) in [5.74, 6) is -0.885. The van der Waals surface area contributed by atoms with Gasteiger partial charge in [0, 0.05) is 11.5 Å². The lowest BCUT2D eigenvalue weighted by molar-refractivity contribution is -0.147. The van der Waals surface area contributed by atoms with Crippen molar-refractivity contribution in [1.82, 2.24) is 0 Å². The fraction of sp³-hybridized carbons (Fsp3) is 0.333. The van der Waals surface area contributed by atoms with Crippen LogP contribution in [0, 0.1) is 0 Å². The summed E-state index contributed by atoms with van der Waals surface area (Å²) in [4.78, 5) is 25.1. The average Bonchev–Trinajstić information content (AvgIpc) is 2.69. The van der Waals surface area contributed by atoms with E-state index in [0.29, 0.717) is 18.2 Å². The monoisotopic (exact) mass is 480 g/mol. The van der Waals surface area contributed by atoms with Crippen LogP contribution in [0.4, 0.5) is 26.3 Å². The number of carbonyl (C=O) groups is 2. The average molecular weight is 480 g/mol. The van der Waals surface area contributed by atoms with Crippen LogP contribution in [-0.4, -0.2) is 23.8 Å². The topological polar surface area (TPSA) is 60.4 Å². The Kier molecular flexibility index (Phi) is 7.60. The lowest BCUT2D eigenvalue weighted by Crippen LogP contribution is -2.25. The van der Waals surface area contributed by atoms with Crippen LogP contribution in [0.1, 0.15) is 41.8 Å². The molecule has 1 unspecified atom stereocenters. The first-order valence-electron chi connectivity index (χ1n) is 9.34. The van der Waals surface area contributed by atoms with Gasteiger partial charge in [-0.25, -0.2) is 0 Å². The van der Waals surface area contributed by atoms with Gasteiger partial charge in [0.1, 0.15) is 0 Å². The molecule has 0 aliphatic carbocycles. The molecule has 0 bridgehead atoms. The molecule has 2 aromatic rings. The lowest BCUT2D eigenvalue weighted by Gasteiger charge is -2.23. The number of esters is 1. The van der Waals surface area contributed by atoms with Gasteiger partial charge in [-0.15, -0.1) is 0 Å². The molecule has 0 saturated heterocycles. The van der Waals surface area contributed by atoms with Crippen LogP contribution in [-0.2, 0) is 26.4 Å². The number of carbonyl (C=O) groups excluding carboxylic acids is 2. The van der Waals surface area contributed by atoms with E-state index in [1.807, 2.05) is 0 Å². The quantitative estimate of drug-likeness (QED) is 0.282. The van der Waals surface area contributed by atoms with Crippen LogP contribution in [0.15, 0.2) is 48.5 Å². The van der Waals surface area contributed by atoms with Crippen molar-refractivity contribution in [3.05, 3.63) is 65.2 Å². The van der Waals surface area contributed by atoms with E-state index in [1.54, 1.807) is 0 Å². The summed E-state index contributed by atoms with van der Waals surface area (Å²) in [7, 11) is -4.61. The zero-order chi connectivity index (χ0) is 24.3. The molecule has 32 heavy (non-hydrogen) atoms. The Hall–Kier alpha value is -2.61. The van der Waals surface area contributed by atoms with Crippen molar-refractivity contribution < 1.29 is 45.2 Å². The number of hydrogen-bond acceptors (Lipinski definition) is 4. The molecular formula is C21H19F6O4P. The highest BCUT2D eigenvalue weighted by atomic mass is 31.2. The van der Waals surface area contributed by atoms with Crippen LogP contribution in [0.5, 0.6) is 0 Å². The maximum absolute atomic E-state index is 13.8. The summed E-state index contributed by atoms with van der Waals surface area (Å²) in [6.07, 6.45) is -12.6. The Morgan fingerprint density at radius 1 is 0.875 bits per heavy atom. The second-order valence-corrected chi connectivity index (χ2v) is 9.97. The first-order valence-corrected chi connectivity index (χ1v) is 11.2. The molecule has 0 aliphatic rings. The lowest BCUT2D eigenvalue weighted by atomic mass is 10.0. The van der Waals surface area contributed by atoms with Gasteiger partial charge in [0.05, 0.1) is 29.2 Å².